The van der Waals surface area contributed by atoms with Crippen LogP contribution in [0.15, 0.2) is 46.6 Å². The van der Waals surface area contributed by atoms with E-state index in [9.17, 15) is 9.59 Å². The topological polar surface area (TPSA) is 62.0 Å². The number of fused-ring (bicyclic) bond motifs is 1. The minimum absolute atomic E-state index is 0.00925. The summed E-state index contributed by atoms with van der Waals surface area (Å²) in [5.74, 6) is 0.00925. The average molecular weight is 340 g/mol. The Morgan fingerprint density at radius 2 is 2.08 bits per heavy atom. The van der Waals surface area contributed by atoms with E-state index in [1.807, 2.05) is 18.2 Å². The lowest BCUT2D eigenvalue weighted by Crippen LogP contribution is -2.12. The number of anilines is 1. The van der Waals surface area contributed by atoms with Crippen LogP contribution in [0, 0.1) is 6.92 Å². The standard InChI is InChI=1S/C19H20N2O2S/c1-13-11-14-8-9-15(12-17(14)21-19(13)23)20-18(22)7-3-2-5-16-6-4-10-24-16/h4,6,8-12H,2-3,5,7H2,1H3,(H,20,22)(H,21,23). The van der Waals surface area contributed by atoms with E-state index in [2.05, 4.69) is 27.8 Å². The summed E-state index contributed by atoms with van der Waals surface area (Å²) in [7, 11) is 0. The summed E-state index contributed by atoms with van der Waals surface area (Å²) in [5.41, 5.74) is 2.04. The number of carbonyl (C=O) groups excluding carboxylic acids is 1. The maximum atomic E-state index is 12.1. The van der Waals surface area contributed by atoms with Gasteiger partial charge < -0.3 is 10.3 Å². The van der Waals surface area contributed by atoms with E-state index in [-0.39, 0.29) is 11.5 Å². The second kappa shape index (κ2) is 7.45. The van der Waals surface area contributed by atoms with Gasteiger partial charge in [0.15, 0.2) is 0 Å². The number of nitrogens with one attached hydrogen (secondary N) is 2. The lowest BCUT2D eigenvalue weighted by Gasteiger charge is -2.07. The van der Waals surface area contributed by atoms with Crippen molar-refractivity contribution in [1.29, 1.82) is 0 Å². The van der Waals surface area contributed by atoms with E-state index in [0.717, 1.165) is 30.2 Å². The molecule has 2 N–H and O–H groups in total. The van der Waals surface area contributed by atoms with Gasteiger partial charge in [0.2, 0.25) is 5.91 Å². The molecule has 4 nitrogen and oxygen atoms in total. The van der Waals surface area contributed by atoms with E-state index in [0.29, 0.717) is 17.7 Å². The highest BCUT2D eigenvalue weighted by molar-refractivity contribution is 7.09. The fourth-order valence-electron chi connectivity index (χ4n) is 2.65. The summed E-state index contributed by atoms with van der Waals surface area (Å²) >= 11 is 1.76. The Labute approximate surface area is 144 Å². The summed E-state index contributed by atoms with van der Waals surface area (Å²) in [6, 6.07) is 11.6. The van der Waals surface area contributed by atoms with Crippen molar-refractivity contribution in [3.05, 3.63) is 62.6 Å². The predicted octanol–water partition coefficient (Wildman–Crippen LogP) is 4.25. The number of unbranched alkanes of at least 4 members (excludes halogenated alkanes) is 1. The minimum atomic E-state index is -0.0976. The van der Waals surface area contributed by atoms with Crippen molar-refractivity contribution in [3.63, 3.8) is 0 Å². The van der Waals surface area contributed by atoms with Gasteiger partial charge in [0.1, 0.15) is 0 Å². The van der Waals surface area contributed by atoms with Crippen LogP contribution in [0.4, 0.5) is 5.69 Å². The van der Waals surface area contributed by atoms with Crippen LogP contribution in [0.2, 0.25) is 0 Å². The van der Waals surface area contributed by atoms with Crippen molar-refractivity contribution in [1.82, 2.24) is 4.98 Å². The van der Waals surface area contributed by atoms with E-state index in [4.69, 9.17) is 0 Å². The van der Waals surface area contributed by atoms with Crippen LogP contribution in [0.5, 0.6) is 0 Å². The molecule has 2 heterocycles. The van der Waals surface area contributed by atoms with E-state index >= 15 is 0 Å². The molecule has 124 valence electrons. The van der Waals surface area contributed by atoms with Gasteiger partial charge in [-0.15, -0.1) is 11.3 Å². The summed E-state index contributed by atoms with van der Waals surface area (Å²) in [5, 5.41) is 5.94. The second-order valence-corrected chi connectivity index (χ2v) is 6.95. The van der Waals surface area contributed by atoms with Crippen molar-refractivity contribution in [2.75, 3.05) is 5.32 Å². The van der Waals surface area contributed by atoms with Crippen LogP contribution < -0.4 is 10.9 Å². The zero-order chi connectivity index (χ0) is 16.9. The van der Waals surface area contributed by atoms with Gasteiger partial charge in [-0.1, -0.05) is 12.1 Å². The van der Waals surface area contributed by atoms with Gasteiger partial charge in [0.05, 0.1) is 5.52 Å². The zero-order valence-electron chi connectivity index (χ0n) is 13.6. The molecule has 0 spiro atoms. The highest BCUT2D eigenvalue weighted by Gasteiger charge is 2.05. The van der Waals surface area contributed by atoms with Gasteiger partial charge in [-0.2, -0.15) is 0 Å². The Hall–Kier alpha value is -2.40. The maximum absolute atomic E-state index is 12.1. The zero-order valence-corrected chi connectivity index (χ0v) is 14.4. The van der Waals surface area contributed by atoms with Crippen LogP contribution in [0.1, 0.15) is 29.7 Å². The number of carbonyl (C=O) groups is 1. The minimum Gasteiger partial charge on any atom is -0.326 e. The molecule has 3 rings (SSSR count). The van der Waals surface area contributed by atoms with Crippen LogP contribution in [-0.4, -0.2) is 10.9 Å². The fraction of sp³-hybridized carbons (Fsp3) is 0.263. The molecule has 0 aliphatic rings. The van der Waals surface area contributed by atoms with E-state index in [1.54, 1.807) is 24.3 Å². The smallest absolute Gasteiger partial charge is 0.251 e. The second-order valence-electron chi connectivity index (χ2n) is 5.92. The van der Waals surface area contributed by atoms with Crippen LogP contribution >= 0.6 is 11.3 Å². The van der Waals surface area contributed by atoms with Gasteiger partial charge in [-0.05, 0) is 61.2 Å². The fourth-order valence-corrected chi connectivity index (χ4v) is 3.40. The number of hydrogen-bond donors (Lipinski definition) is 2. The number of aryl methyl sites for hydroxylation is 2. The Morgan fingerprint density at radius 3 is 2.88 bits per heavy atom. The third-order valence-electron chi connectivity index (χ3n) is 3.97. The lowest BCUT2D eigenvalue weighted by molar-refractivity contribution is -0.116. The number of hydrogen-bond acceptors (Lipinski definition) is 3. The monoisotopic (exact) mass is 340 g/mol. The molecule has 0 saturated carbocycles. The van der Waals surface area contributed by atoms with Gasteiger partial charge >= 0.3 is 0 Å². The number of thiophene rings is 1. The summed E-state index contributed by atoms with van der Waals surface area (Å²) in [4.78, 5) is 27.9. The normalized spacial score (nSPS) is 10.9. The highest BCUT2D eigenvalue weighted by Crippen LogP contribution is 2.18. The number of aromatic nitrogens is 1. The first-order chi connectivity index (χ1) is 11.6. The molecule has 0 fully saturated rings. The van der Waals surface area contributed by atoms with E-state index in [1.165, 1.54) is 4.88 Å². The summed E-state index contributed by atoms with van der Waals surface area (Å²) in [6.07, 6.45) is 3.42. The molecule has 5 heteroatoms. The molecule has 1 amide bonds. The van der Waals surface area contributed by atoms with Gasteiger partial charge in [-0.3, -0.25) is 9.59 Å². The number of amides is 1. The Balaban J connectivity index is 1.55. The largest absolute Gasteiger partial charge is 0.326 e. The molecule has 0 aliphatic heterocycles. The molecule has 0 unspecified atom stereocenters. The molecule has 24 heavy (non-hydrogen) atoms. The van der Waals surface area contributed by atoms with Crippen molar-refractivity contribution >= 4 is 33.8 Å². The number of benzene rings is 1. The maximum Gasteiger partial charge on any atom is 0.251 e. The molecular formula is C19H20N2O2S. The number of H-pyrrole nitrogens is 1. The number of rotatable bonds is 6. The third kappa shape index (κ3) is 4.11. The van der Waals surface area contributed by atoms with Gasteiger partial charge in [-0.25, -0.2) is 0 Å². The number of aromatic amines is 1. The van der Waals surface area contributed by atoms with Crippen molar-refractivity contribution in [2.24, 2.45) is 0 Å². The molecule has 0 radical (unpaired) electrons. The third-order valence-corrected chi connectivity index (χ3v) is 4.91. The molecule has 2 aromatic heterocycles. The first-order valence-corrected chi connectivity index (χ1v) is 8.96. The van der Waals surface area contributed by atoms with Crippen LogP contribution in [0.3, 0.4) is 0 Å². The molecule has 0 aliphatic carbocycles. The van der Waals surface area contributed by atoms with Crippen LogP contribution in [-0.2, 0) is 11.2 Å². The lowest BCUT2D eigenvalue weighted by atomic mass is 10.1. The Morgan fingerprint density at radius 1 is 1.21 bits per heavy atom. The molecule has 3 aromatic rings. The predicted molar refractivity (Wildman–Crippen MR) is 99.8 cm³/mol. The van der Waals surface area contributed by atoms with E-state index < -0.39 is 0 Å². The van der Waals surface area contributed by atoms with Crippen molar-refractivity contribution in [3.8, 4) is 0 Å². The van der Waals surface area contributed by atoms with Gasteiger partial charge in [0.25, 0.3) is 5.56 Å². The SMILES string of the molecule is Cc1cc2ccc(NC(=O)CCCCc3cccs3)cc2[nH]c1=O. The molecule has 0 bridgehead atoms. The van der Waals surface area contributed by atoms with Crippen molar-refractivity contribution in [2.45, 2.75) is 32.6 Å². The molecule has 0 atom stereocenters. The average Bonchev–Trinajstić information content (AvgIpc) is 3.06. The first kappa shape index (κ1) is 16.5. The highest BCUT2D eigenvalue weighted by atomic mass is 32.1. The molecular weight excluding hydrogens is 320 g/mol. The van der Waals surface area contributed by atoms with Crippen molar-refractivity contribution < 1.29 is 4.79 Å². The Bertz CT molecular complexity index is 897. The molecule has 0 saturated heterocycles. The Kier molecular flexibility index (Phi) is 5.11. The molecule has 1 aromatic carbocycles. The summed E-state index contributed by atoms with van der Waals surface area (Å²) in [6.45, 7) is 1.78. The first-order valence-electron chi connectivity index (χ1n) is 8.08. The van der Waals surface area contributed by atoms with Crippen LogP contribution in [0.25, 0.3) is 10.9 Å². The van der Waals surface area contributed by atoms with Gasteiger partial charge in [0, 0.05) is 22.5 Å². The quantitative estimate of drug-likeness (QED) is 0.659. The summed E-state index contributed by atoms with van der Waals surface area (Å²) < 4.78 is 0. The number of pyridine rings is 1.